The first-order valence-electron chi connectivity index (χ1n) is 7.71. The van der Waals surface area contributed by atoms with E-state index >= 15 is 0 Å². The lowest BCUT2D eigenvalue weighted by atomic mass is 10.2. The number of hydrogen-bond donors (Lipinski definition) is 2. The van der Waals surface area contributed by atoms with Gasteiger partial charge >= 0.3 is 5.69 Å². The number of carbonyl (C=O) groups excluding carboxylic acids is 1. The first-order valence-corrected chi connectivity index (χ1v) is 7.71. The second kappa shape index (κ2) is 6.60. The summed E-state index contributed by atoms with van der Waals surface area (Å²) >= 11 is 0. The third kappa shape index (κ3) is 3.14. The van der Waals surface area contributed by atoms with E-state index in [4.69, 9.17) is 0 Å². The van der Waals surface area contributed by atoms with E-state index in [1.54, 1.807) is 0 Å². The fraction of sp³-hybridized carbons (Fsp3) is 0.176. The molecule has 0 atom stereocenters. The van der Waals surface area contributed by atoms with E-state index < -0.39 is 22.3 Å². The largest absolute Gasteiger partial charge is 0.502 e. The molecule has 25 heavy (non-hydrogen) atoms. The van der Waals surface area contributed by atoms with Crippen LogP contribution in [0.15, 0.2) is 42.5 Å². The molecule has 3 rings (SSSR count). The quantitative estimate of drug-likeness (QED) is 0.548. The van der Waals surface area contributed by atoms with Crippen LogP contribution in [-0.2, 0) is 13.1 Å². The maximum absolute atomic E-state index is 12.2. The van der Waals surface area contributed by atoms with Gasteiger partial charge in [0.05, 0.1) is 22.5 Å². The van der Waals surface area contributed by atoms with Crippen molar-refractivity contribution < 1.29 is 14.8 Å². The van der Waals surface area contributed by atoms with Gasteiger partial charge in [-0.2, -0.15) is 0 Å². The van der Waals surface area contributed by atoms with Crippen LogP contribution in [0.4, 0.5) is 5.69 Å². The summed E-state index contributed by atoms with van der Waals surface area (Å²) in [6.07, 6.45) is 0. The lowest BCUT2D eigenvalue weighted by Gasteiger charge is -2.08. The van der Waals surface area contributed by atoms with Crippen LogP contribution in [0.1, 0.15) is 23.1 Å². The smallest absolute Gasteiger partial charge is 0.310 e. The summed E-state index contributed by atoms with van der Waals surface area (Å²) in [6, 6.07) is 11.2. The number of aromatic nitrogens is 2. The van der Waals surface area contributed by atoms with Crippen molar-refractivity contribution in [3.05, 3.63) is 64.0 Å². The van der Waals surface area contributed by atoms with Gasteiger partial charge in [-0.3, -0.25) is 14.9 Å². The van der Waals surface area contributed by atoms with Crippen LogP contribution in [-0.4, -0.2) is 25.5 Å². The number of aryl methyl sites for hydroxylation is 1. The first kappa shape index (κ1) is 16.4. The van der Waals surface area contributed by atoms with Crippen molar-refractivity contribution in [3.8, 4) is 5.75 Å². The molecule has 0 saturated carbocycles. The highest BCUT2D eigenvalue weighted by Crippen LogP contribution is 2.26. The van der Waals surface area contributed by atoms with Crippen molar-refractivity contribution >= 4 is 22.6 Å². The molecule has 1 heterocycles. The third-order valence-corrected chi connectivity index (χ3v) is 3.89. The zero-order valence-electron chi connectivity index (χ0n) is 13.5. The minimum atomic E-state index is -0.708. The molecule has 128 valence electrons. The molecule has 0 spiro atoms. The number of phenolic OH excluding ortho intramolecular Hbond substituents is 1. The normalized spacial score (nSPS) is 10.8. The van der Waals surface area contributed by atoms with Crippen LogP contribution in [0.2, 0.25) is 0 Å². The van der Waals surface area contributed by atoms with E-state index in [-0.39, 0.29) is 12.1 Å². The number of nitrogens with one attached hydrogen (secondary N) is 1. The minimum Gasteiger partial charge on any atom is -0.502 e. The first-order chi connectivity index (χ1) is 12.0. The molecule has 0 aliphatic heterocycles. The van der Waals surface area contributed by atoms with Crippen molar-refractivity contribution in [1.82, 2.24) is 14.9 Å². The molecule has 8 nitrogen and oxygen atoms in total. The van der Waals surface area contributed by atoms with E-state index in [0.717, 1.165) is 23.2 Å². The molecule has 0 aliphatic rings. The van der Waals surface area contributed by atoms with Gasteiger partial charge in [0, 0.05) is 18.2 Å². The Hall–Kier alpha value is -3.42. The van der Waals surface area contributed by atoms with Gasteiger partial charge in [-0.1, -0.05) is 12.1 Å². The summed E-state index contributed by atoms with van der Waals surface area (Å²) in [4.78, 5) is 26.7. The van der Waals surface area contributed by atoms with E-state index in [0.29, 0.717) is 12.4 Å². The maximum atomic E-state index is 12.2. The predicted octanol–water partition coefficient (Wildman–Crippen LogP) is 2.60. The summed E-state index contributed by atoms with van der Waals surface area (Å²) in [5, 5.41) is 23.1. The summed E-state index contributed by atoms with van der Waals surface area (Å²) in [6.45, 7) is 2.91. The van der Waals surface area contributed by atoms with Crippen molar-refractivity contribution in [2.24, 2.45) is 0 Å². The van der Waals surface area contributed by atoms with Gasteiger partial charge in [0.1, 0.15) is 5.82 Å². The van der Waals surface area contributed by atoms with Gasteiger partial charge in [-0.05, 0) is 31.2 Å². The highest BCUT2D eigenvalue weighted by Gasteiger charge is 2.17. The Morgan fingerprint density at radius 3 is 2.76 bits per heavy atom. The zero-order chi connectivity index (χ0) is 18.0. The van der Waals surface area contributed by atoms with E-state index in [1.807, 2.05) is 35.8 Å². The van der Waals surface area contributed by atoms with E-state index in [1.165, 1.54) is 6.07 Å². The van der Waals surface area contributed by atoms with Gasteiger partial charge in [-0.25, -0.2) is 4.98 Å². The molecule has 0 bridgehead atoms. The molecular formula is C17H16N4O4. The fourth-order valence-electron chi connectivity index (χ4n) is 2.69. The lowest BCUT2D eigenvalue weighted by molar-refractivity contribution is -0.385. The molecule has 3 aromatic rings. The van der Waals surface area contributed by atoms with Crippen molar-refractivity contribution in [3.63, 3.8) is 0 Å². The van der Waals surface area contributed by atoms with Crippen LogP contribution in [0.25, 0.3) is 11.0 Å². The molecule has 0 saturated heterocycles. The number of phenols is 1. The number of carbonyl (C=O) groups is 1. The standard InChI is InChI=1S/C17H16N4O4/c1-2-20-13-6-4-3-5-12(13)19-16(20)10-18-17(23)11-7-8-14(21(24)25)15(22)9-11/h3-9,22H,2,10H2,1H3,(H,18,23). The number of rotatable bonds is 5. The topological polar surface area (TPSA) is 110 Å². The van der Waals surface area contributed by atoms with Gasteiger partial charge in [0.2, 0.25) is 0 Å². The summed E-state index contributed by atoms with van der Waals surface area (Å²) in [5.41, 5.74) is 1.54. The molecule has 1 amide bonds. The van der Waals surface area contributed by atoms with Gasteiger partial charge in [0.15, 0.2) is 5.75 Å². The van der Waals surface area contributed by atoms with E-state index in [9.17, 15) is 20.0 Å². The van der Waals surface area contributed by atoms with Gasteiger partial charge in [-0.15, -0.1) is 0 Å². The number of nitro benzene ring substituents is 1. The Kier molecular flexibility index (Phi) is 4.34. The van der Waals surface area contributed by atoms with Gasteiger partial charge in [0.25, 0.3) is 5.91 Å². The van der Waals surface area contributed by atoms with Crippen molar-refractivity contribution in [2.75, 3.05) is 0 Å². The monoisotopic (exact) mass is 340 g/mol. The molecule has 2 aromatic carbocycles. The number of aromatic hydroxyl groups is 1. The summed E-state index contributed by atoms with van der Waals surface area (Å²) in [5.74, 6) is -0.276. The van der Waals surface area contributed by atoms with Crippen LogP contribution < -0.4 is 5.32 Å². The second-order valence-corrected chi connectivity index (χ2v) is 5.40. The average Bonchev–Trinajstić information content (AvgIpc) is 2.96. The Morgan fingerprint density at radius 2 is 2.08 bits per heavy atom. The molecule has 1 aromatic heterocycles. The van der Waals surface area contributed by atoms with Crippen LogP contribution in [0, 0.1) is 10.1 Å². The number of hydrogen-bond acceptors (Lipinski definition) is 5. The fourth-order valence-corrected chi connectivity index (χ4v) is 2.69. The number of amides is 1. The highest BCUT2D eigenvalue weighted by atomic mass is 16.6. The Morgan fingerprint density at radius 1 is 1.32 bits per heavy atom. The minimum absolute atomic E-state index is 0.141. The third-order valence-electron chi connectivity index (χ3n) is 3.89. The van der Waals surface area contributed by atoms with Gasteiger partial charge < -0.3 is 15.0 Å². The molecule has 0 unspecified atom stereocenters. The maximum Gasteiger partial charge on any atom is 0.310 e. The van der Waals surface area contributed by atoms with E-state index in [2.05, 4.69) is 10.3 Å². The Bertz CT molecular complexity index is 964. The molecule has 2 N–H and O–H groups in total. The highest BCUT2D eigenvalue weighted by molar-refractivity contribution is 5.95. The summed E-state index contributed by atoms with van der Waals surface area (Å²) < 4.78 is 2.00. The van der Waals surface area contributed by atoms with Crippen molar-refractivity contribution in [2.45, 2.75) is 20.0 Å². The number of para-hydroxylation sites is 2. The Labute approximate surface area is 142 Å². The average molecular weight is 340 g/mol. The number of fused-ring (bicyclic) bond motifs is 1. The number of nitro groups is 1. The molecule has 8 heteroatoms. The second-order valence-electron chi connectivity index (χ2n) is 5.40. The van der Waals surface area contributed by atoms with Crippen LogP contribution in [0.3, 0.4) is 0 Å². The number of benzene rings is 2. The molecule has 0 fully saturated rings. The van der Waals surface area contributed by atoms with Crippen LogP contribution >= 0.6 is 0 Å². The van der Waals surface area contributed by atoms with Crippen LogP contribution in [0.5, 0.6) is 5.75 Å². The lowest BCUT2D eigenvalue weighted by Crippen LogP contribution is -2.24. The molecular weight excluding hydrogens is 324 g/mol. The predicted molar refractivity (Wildman–Crippen MR) is 91.3 cm³/mol. The Balaban J connectivity index is 1.79. The zero-order valence-corrected chi connectivity index (χ0v) is 13.5. The molecule has 0 aliphatic carbocycles. The SMILES string of the molecule is CCn1c(CNC(=O)c2ccc([N+](=O)[O-])c(O)c2)nc2ccccc21. The molecule has 0 radical (unpaired) electrons. The number of imidazole rings is 1. The van der Waals surface area contributed by atoms with Crippen molar-refractivity contribution in [1.29, 1.82) is 0 Å². The number of nitrogens with zero attached hydrogens (tertiary/aromatic N) is 3. The summed E-state index contributed by atoms with van der Waals surface area (Å²) in [7, 11) is 0.